The molecule has 0 aliphatic carbocycles. The highest BCUT2D eigenvalue weighted by Crippen LogP contribution is 2.13. The number of unbranched alkanes of at least 4 members (excludes halogenated alkanes) is 1. The molecule has 0 bridgehead atoms. The molecule has 1 heterocycles. The molecule has 0 spiro atoms. The van der Waals surface area contributed by atoms with Gasteiger partial charge in [0.25, 0.3) is 0 Å². The van der Waals surface area contributed by atoms with Crippen molar-refractivity contribution in [2.45, 2.75) is 31.6 Å². The van der Waals surface area contributed by atoms with Gasteiger partial charge in [0, 0.05) is 12.7 Å². The second-order valence-electron chi connectivity index (χ2n) is 3.62. The second kappa shape index (κ2) is 5.27. The Balaban J connectivity index is 2.86. The predicted octanol–water partition coefficient (Wildman–Crippen LogP) is 1.05. The molecule has 3 N–H and O–H groups in total. The van der Waals surface area contributed by atoms with E-state index in [1.54, 1.807) is 6.92 Å². The van der Waals surface area contributed by atoms with E-state index in [0.29, 0.717) is 17.9 Å². The summed E-state index contributed by atoms with van der Waals surface area (Å²) in [5, 5.41) is 0. The first-order valence-electron chi connectivity index (χ1n) is 5.19. The maximum Gasteiger partial charge on any atom is 0.242 e. The number of anilines is 1. The average Bonchev–Trinajstić information content (AvgIpc) is 2.22. The quantitative estimate of drug-likeness (QED) is 0.757. The van der Waals surface area contributed by atoms with E-state index in [1.165, 1.54) is 12.3 Å². The smallest absolute Gasteiger partial charge is 0.242 e. The van der Waals surface area contributed by atoms with E-state index in [-0.39, 0.29) is 4.90 Å². The summed E-state index contributed by atoms with van der Waals surface area (Å²) in [6, 6.07) is 1.52. The number of hydrogen-bond acceptors (Lipinski definition) is 4. The van der Waals surface area contributed by atoms with Crippen LogP contribution in [0.1, 0.15) is 25.3 Å². The maximum absolute atomic E-state index is 11.8. The third-order valence-corrected chi connectivity index (χ3v) is 3.65. The lowest BCUT2D eigenvalue weighted by atomic mass is 10.3. The van der Waals surface area contributed by atoms with Crippen LogP contribution >= 0.6 is 0 Å². The van der Waals surface area contributed by atoms with Gasteiger partial charge < -0.3 is 5.73 Å². The van der Waals surface area contributed by atoms with Crippen LogP contribution in [0.2, 0.25) is 0 Å². The molecule has 0 saturated carbocycles. The fourth-order valence-electron chi connectivity index (χ4n) is 1.17. The molecule has 0 aliphatic heterocycles. The molecule has 0 amide bonds. The van der Waals surface area contributed by atoms with Crippen molar-refractivity contribution >= 4 is 15.8 Å². The largest absolute Gasteiger partial charge is 0.383 e. The van der Waals surface area contributed by atoms with Crippen molar-refractivity contribution in [3.63, 3.8) is 0 Å². The highest BCUT2D eigenvalue weighted by Gasteiger charge is 2.14. The van der Waals surface area contributed by atoms with E-state index in [9.17, 15) is 8.42 Å². The Hall–Kier alpha value is -1.14. The van der Waals surface area contributed by atoms with Crippen LogP contribution in [0.25, 0.3) is 0 Å². The molecule has 6 heteroatoms. The summed E-state index contributed by atoms with van der Waals surface area (Å²) in [5.74, 6) is 0.354. The first kappa shape index (κ1) is 12.9. The normalized spacial score (nSPS) is 11.6. The molecule has 1 aromatic rings. The van der Waals surface area contributed by atoms with Gasteiger partial charge in [-0.15, -0.1) is 0 Å². The van der Waals surface area contributed by atoms with Gasteiger partial charge in [-0.05, 0) is 25.0 Å². The van der Waals surface area contributed by atoms with Gasteiger partial charge in [0.05, 0.1) is 0 Å². The number of aryl methyl sites for hydroxylation is 1. The second-order valence-corrected chi connectivity index (χ2v) is 5.39. The molecule has 0 unspecified atom stereocenters. The molecule has 0 radical (unpaired) electrons. The highest BCUT2D eigenvalue weighted by molar-refractivity contribution is 7.89. The van der Waals surface area contributed by atoms with Crippen molar-refractivity contribution in [1.82, 2.24) is 9.71 Å². The standard InChI is InChI=1S/C10H17N3O2S/c1-3-4-5-13-16(14,15)9-6-8(2)10(11)12-7-9/h6-7,13H,3-5H2,1-2H3,(H2,11,12). The summed E-state index contributed by atoms with van der Waals surface area (Å²) in [4.78, 5) is 3.99. The zero-order valence-electron chi connectivity index (χ0n) is 9.53. The van der Waals surface area contributed by atoms with Crippen LogP contribution < -0.4 is 10.5 Å². The van der Waals surface area contributed by atoms with Crippen molar-refractivity contribution in [3.8, 4) is 0 Å². The van der Waals surface area contributed by atoms with Crippen molar-refractivity contribution in [1.29, 1.82) is 0 Å². The Morgan fingerprint density at radius 3 is 2.75 bits per heavy atom. The van der Waals surface area contributed by atoms with Gasteiger partial charge >= 0.3 is 0 Å². The SMILES string of the molecule is CCCCNS(=O)(=O)c1cnc(N)c(C)c1. The minimum Gasteiger partial charge on any atom is -0.383 e. The summed E-state index contributed by atoms with van der Waals surface area (Å²) >= 11 is 0. The molecule has 16 heavy (non-hydrogen) atoms. The third-order valence-electron chi connectivity index (χ3n) is 2.23. The molecule has 1 rings (SSSR count). The number of hydrogen-bond donors (Lipinski definition) is 2. The number of sulfonamides is 1. The number of nitrogens with two attached hydrogens (primary N) is 1. The molecule has 0 aromatic carbocycles. The van der Waals surface area contributed by atoms with Gasteiger partial charge in [-0.3, -0.25) is 0 Å². The Labute approximate surface area is 96.1 Å². The fourth-order valence-corrected chi connectivity index (χ4v) is 2.28. The van der Waals surface area contributed by atoms with Crippen molar-refractivity contribution < 1.29 is 8.42 Å². The molecule has 0 aliphatic rings. The van der Waals surface area contributed by atoms with Gasteiger partial charge in [0.1, 0.15) is 10.7 Å². The Morgan fingerprint density at radius 2 is 2.19 bits per heavy atom. The van der Waals surface area contributed by atoms with Gasteiger partial charge in [0.15, 0.2) is 0 Å². The predicted molar refractivity (Wildman–Crippen MR) is 63.5 cm³/mol. The lowest BCUT2D eigenvalue weighted by molar-refractivity contribution is 0.578. The topological polar surface area (TPSA) is 85.1 Å². The van der Waals surface area contributed by atoms with E-state index in [2.05, 4.69) is 9.71 Å². The van der Waals surface area contributed by atoms with Gasteiger partial charge in [-0.2, -0.15) is 0 Å². The van der Waals surface area contributed by atoms with E-state index in [1.807, 2.05) is 6.92 Å². The van der Waals surface area contributed by atoms with Gasteiger partial charge in [-0.1, -0.05) is 13.3 Å². The summed E-state index contributed by atoms with van der Waals surface area (Å²) in [7, 11) is -3.44. The lowest BCUT2D eigenvalue weighted by Gasteiger charge is -2.07. The van der Waals surface area contributed by atoms with E-state index in [4.69, 9.17) is 5.73 Å². The van der Waals surface area contributed by atoms with Crippen LogP contribution in [0.3, 0.4) is 0 Å². The summed E-state index contributed by atoms with van der Waals surface area (Å²) in [6.07, 6.45) is 3.04. The summed E-state index contributed by atoms with van der Waals surface area (Å²) < 4.78 is 26.1. The first-order valence-corrected chi connectivity index (χ1v) is 6.67. The number of nitrogens with one attached hydrogen (secondary N) is 1. The van der Waals surface area contributed by atoms with E-state index >= 15 is 0 Å². The zero-order chi connectivity index (χ0) is 12.2. The molecule has 0 atom stereocenters. The number of rotatable bonds is 5. The number of pyridine rings is 1. The zero-order valence-corrected chi connectivity index (χ0v) is 10.3. The monoisotopic (exact) mass is 243 g/mol. The minimum atomic E-state index is -3.44. The Morgan fingerprint density at radius 1 is 1.50 bits per heavy atom. The number of nitrogen functional groups attached to an aromatic ring is 1. The molecule has 0 fully saturated rings. The van der Waals surface area contributed by atoms with E-state index in [0.717, 1.165) is 12.8 Å². The van der Waals surface area contributed by atoms with Crippen LogP contribution in [-0.2, 0) is 10.0 Å². The van der Waals surface area contributed by atoms with Crippen LogP contribution in [-0.4, -0.2) is 19.9 Å². The molecular weight excluding hydrogens is 226 g/mol. The first-order chi connectivity index (χ1) is 7.47. The average molecular weight is 243 g/mol. The Kier molecular flexibility index (Phi) is 4.26. The third kappa shape index (κ3) is 3.18. The van der Waals surface area contributed by atoms with Crippen molar-refractivity contribution in [2.75, 3.05) is 12.3 Å². The fraction of sp³-hybridized carbons (Fsp3) is 0.500. The number of aromatic nitrogens is 1. The van der Waals surface area contributed by atoms with Crippen LogP contribution in [0, 0.1) is 6.92 Å². The van der Waals surface area contributed by atoms with Crippen LogP contribution in [0.15, 0.2) is 17.2 Å². The molecule has 1 aromatic heterocycles. The lowest BCUT2D eigenvalue weighted by Crippen LogP contribution is -2.25. The highest BCUT2D eigenvalue weighted by atomic mass is 32.2. The van der Waals surface area contributed by atoms with Crippen molar-refractivity contribution in [3.05, 3.63) is 17.8 Å². The maximum atomic E-state index is 11.8. The Bertz CT molecular complexity index is 457. The number of nitrogens with zero attached hydrogens (tertiary/aromatic N) is 1. The van der Waals surface area contributed by atoms with Crippen LogP contribution in [0.4, 0.5) is 5.82 Å². The van der Waals surface area contributed by atoms with Crippen LogP contribution in [0.5, 0.6) is 0 Å². The summed E-state index contributed by atoms with van der Waals surface area (Å²) in [6.45, 7) is 4.18. The molecule has 5 nitrogen and oxygen atoms in total. The van der Waals surface area contributed by atoms with E-state index < -0.39 is 10.0 Å². The minimum absolute atomic E-state index is 0.162. The van der Waals surface area contributed by atoms with Crippen molar-refractivity contribution in [2.24, 2.45) is 0 Å². The molecular formula is C10H17N3O2S. The molecule has 0 saturated heterocycles. The molecule has 90 valence electrons. The van der Waals surface area contributed by atoms with Gasteiger partial charge in [-0.25, -0.2) is 18.1 Å². The summed E-state index contributed by atoms with van der Waals surface area (Å²) in [5.41, 5.74) is 6.19. The van der Waals surface area contributed by atoms with Gasteiger partial charge in [0.2, 0.25) is 10.0 Å².